The van der Waals surface area contributed by atoms with E-state index < -0.39 is 78.1 Å². The van der Waals surface area contributed by atoms with E-state index in [0.29, 0.717) is 62.5 Å². The van der Waals surface area contributed by atoms with Crippen molar-refractivity contribution in [2.45, 2.75) is 88.6 Å². The number of aromatic nitrogens is 2. The second-order valence-corrected chi connectivity index (χ2v) is 16.5. The van der Waals surface area contributed by atoms with Gasteiger partial charge in [-0.05, 0) is 75.0 Å². The van der Waals surface area contributed by atoms with Crippen LogP contribution in [0.3, 0.4) is 0 Å². The van der Waals surface area contributed by atoms with Crippen LogP contribution in [0.15, 0.2) is 42.6 Å². The second-order valence-electron chi connectivity index (χ2n) is 16.5. The van der Waals surface area contributed by atoms with Gasteiger partial charge in [0.2, 0.25) is 23.5 Å². The number of anilines is 4. The van der Waals surface area contributed by atoms with Gasteiger partial charge in [0.1, 0.15) is 17.4 Å². The number of hydrogen-bond acceptors (Lipinski definition) is 11. The number of alkyl halides is 4. The molecule has 2 aromatic carbocycles. The van der Waals surface area contributed by atoms with Crippen molar-refractivity contribution in [3.05, 3.63) is 65.1 Å². The lowest BCUT2D eigenvalue weighted by Crippen LogP contribution is -2.47. The fourth-order valence-corrected chi connectivity index (χ4v) is 8.68. The number of rotatable bonds is 11. The van der Waals surface area contributed by atoms with E-state index in [4.69, 9.17) is 4.74 Å². The Morgan fingerprint density at radius 1 is 1.03 bits per heavy atom. The Kier molecular flexibility index (Phi) is 12.1. The maximum Gasteiger partial charge on any atom is 0.322 e. The Labute approximate surface area is 344 Å². The van der Waals surface area contributed by atoms with Gasteiger partial charge in [0.25, 0.3) is 11.8 Å². The number of ether oxygens (including phenoxy) is 1. The van der Waals surface area contributed by atoms with E-state index in [1.807, 2.05) is 4.90 Å². The van der Waals surface area contributed by atoms with Crippen LogP contribution in [0.25, 0.3) is 0 Å². The summed E-state index contributed by atoms with van der Waals surface area (Å²) in [6, 6.07) is 8.03. The van der Waals surface area contributed by atoms with Crippen molar-refractivity contribution in [3.63, 3.8) is 0 Å². The van der Waals surface area contributed by atoms with Crippen LogP contribution >= 0.6 is 0 Å². The largest absolute Gasteiger partial charge is 0.495 e. The van der Waals surface area contributed by atoms with E-state index in [9.17, 15) is 36.7 Å². The van der Waals surface area contributed by atoms with Crippen LogP contribution < -0.4 is 30.5 Å². The Morgan fingerprint density at radius 3 is 2.47 bits per heavy atom. The number of imide groups is 1. The number of fused-ring (bicyclic) bond motifs is 1. The predicted octanol–water partition coefficient (Wildman–Crippen LogP) is 5.78. The summed E-state index contributed by atoms with van der Waals surface area (Å²) >= 11 is 0. The number of nitrogens with zero attached hydrogens (tertiary/aromatic N) is 5. The van der Waals surface area contributed by atoms with Crippen molar-refractivity contribution in [2.24, 2.45) is 5.92 Å². The summed E-state index contributed by atoms with van der Waals surface area (Å²) in [5.41, 5.74) is 1.73. The predicted molar refractivity (Wildman–Crippen MR) is 213 cm³/mol. The van der Waals surface area contributed by atoms with E-state index in [2.05, 4.69) is 30.8 Å². The Balaban J connectivity index is 0.955. The van der Waals surface area contributed by atoms with Crippen LogP contribution in [-0.4, -0.2) is 109 Å². The zero-order valence-corrected chi connectivity index (χ0v) is 33.9. The smallest absolute Gasteiger partial charge is 0.322 e. The van der Waals surface area contributed by atoms with Crippen molar-refractivity contribution < 1.29 is 45.9 Å². The summed E-state index contributed by atoms with van der Waals surface area (Å²) in [4.78, 5) is 64.1. The van der Waals surface area contributed by atoms with E-state index in [-0.39, 0.29) is 47.4 Å². The molecule has 4 atom stereocenters. The minimum atomic E-state index is -3.58. The highest BCUT2D eigenvalue weighted by Gasteiger charge is 2.49. The molecule has 60 heavy (non-hydrogen) atoms. The average molecular weight is 841 g/mol. The molecule has 3 fully saturated rings. The Hall–Kier alpha value is -5.39. The molecule has 4 heterocycles. The maximum absolute atomic E-state index is 15.3. The van der Waals surface area contributed by atoms with Crippen molar-refractivity contribution in [1.29, 1.82) is 0 Å². The average Bonchev–Trinajstić information content (AvgIpc) is 3.47. The third-order valence-electron chi connectivity index (χ3n) is 12.1. The molecule has 13 nitrogen and oxygen atoms in total. The molecule has 3 aliphatic heterocycles. The van der Waals surface area contributed by atoms with Crippen LogP contribution in [0.5, 0.6) is 5.75 Å². The second kappa shape index (κ2) is 16.9. The van der Waals surface area contributed by atoms with Gasteiger partial charge in [0.05, 0.1) is 36.9 Å². The molecule has 1 aromatic heterocycles. The summed E-state index contributed by atoms with van der Waals surface area (Å²) in [5.74, 6) is -11.3. The van der Waals surface area contributed by atoms with Gasteiger partial charge in [-0.25, -0.2) is 18.2 Å². The zero-order chi connectivity index (χ0) is 43.1. The molecule has 3 aromatic rings. The number of hydrogen-bond donors (Lipinski definition) is 3. The molecule has 3 N–H and O–H groups in total. The number of methoxy groups -OCH3 is 1. The van der Waals surface area contributed by atoms with Crippen molar-refractivity contribution >= 4 is 46.6 Å². The van der Waals surface area contributed by atoms with Gasteiger partial charge in [0.15, 0.2) is 0 Å². The number of carbonyl (C=O) groups excluding carboxylic acids is 4. The van der Waals surface area contributed by atoms with Crippen molar-refractivity contribution in [3.8, 4) is 5.75 Å². The number of benzene rings is 2. The minimum absolute atomic E-state index is 0.0464. The van der Waals surface area contributed by atoms with Crippen LogP contribution in [0.4, 0.5) is 45.1 Å². The number of piperazine rings is 1. The lowest BCUT2D eigenvalue weighted by atomic mass is 9.90. The van der Waals surface area contributed by atoms with Gasteiger partial charge in [-0.3, -0.25) is 29.4 Å². The number of halogens is 5. The Bertz CT molecular complexity index is 2150. The molecule has 3 amide bonds. The standard InChI is InChI=1S/C42H49F5N8O5/c1-23(2)55-22-42(46,47)36(57)24(3)29-21-48-40(52-37(29)55)50-31-8-5-26(18-34(31)60-4)38(58)49-32-20-41(44,45)19-27(32)11-12-53-13-15-54(16-14-53)33-9-6-25(17-30(33)43)28-7-10-35(56)51-39(28)59/h5-6,8-9,17-18,21,23-24,27-28,32H,7,10-16,19-20,22H2,1-4H3,(H,49,58)(H,48,50,52)(H,51,56,59). The molecule has 0 radical (unpaired) electrons. The Morgan fingerprint density at radius 2 is 1.78 bits per heavy atom. The van der Waals surface area contributed by atoms with E-state index in [1.54, 1.807) is 32.0 Å². The first-order chi connectivity index (χ1) is 28.4. The van der Waals surface area contributed by atoms with E-state index >= 15 is 4.39 Å². The maximum atomic E-state index is 15.3. The molecule has 18 heteroatoms. The number of Topliss-reactive ketones (excluding diaryl/α,β-unsaturated/α-hetero) is 1. The van der Waals surface area contributed by atoms with E-state index in [1.165, 1.54) is 43.3 Å². The number of carbonyl (C=O) groups is 4. The number of piperidine rings is 1. The minimum Gasteiger partial charge on any atom is -0.495 e. The summed E-state index contributed by atoms with van der Waals surface area (Å²) in [6.45, 7) is 6.72. The molecule has 1 saturated carbocycles. The summed E-state index contributed by atoms with van der Waals surface area (Å²) in [6.07, 6.45) is 1.43. The third kappa shape index (κ3) is 9.02. The van der Waals surface area contributed by atoms with E-state index in [0.717, 1.165) is 0 Å². The van der Waals surface area contributed by atoms with Gasteiger partial charge < -0.3 is 25.2 Å². The topological polar surface area (TPSA) is 149 Å². The van der Waals surface area contributed by atoms with Gasteiger partial charge in [-0.1, -0.05) is 13.0 Å². The SMILES string of the molecule is COc1cc(C(=O)NC2CC(F)(F)CC2CCN2CCN(c3ccc(C4CCC(=O)NC4=O)cc3F)CC2)ccc1Nc1ncc2c(n1)N(C(C)C)CC(F)(F)C(=O)C2C. The van der Waals surface area contributed by atoms with Crippen LogP contribution in [-0.2, 0) is 14.4 Å². The highest BCUT2D eigenvalue weighted by molar-refractivity contribution is 6.01. The summed E-state index contributed by atoms with van der Waals surface area (Å²) in [7, 11) is 1.39. The molecule has 4 unspecified atom stereocenters. The van der Waals surface area contributed by atoms with Gasteiger partial charge >= 0.3 is 5.92 Å². The number of ketones is 1. The third-order valence-corrected chi connectivity index (χ3v) is 12.1. The monoisotopic (exact) mass is 840 g/mol. The summed E-state index contributed by atoms with van der Waals surface area (Å²) in [5, 5.41) is 8.14. The molecule has 2 saturated heterocycles. The van der Waals surface area contributed by atoms with Crippen molar-refractivity contribution in [1.82, 2.24) is 25.5 Å². The zero-order valence-electron chi connectivity index (χ0n) is 33.9. The first-order valence-corrected chi connectivity index (χ1v) is 20.2. The molecule has 4 aliphatic rings. The van der Waals surface area contributed by atoms with Gasteiger partial charge in [-0.2, -0.15) is 13.8 Å². The highest BCUT2D eigenvalue weighted by atomic mass is 19.3. The lowest BCUT2D eigenvalue weighted by molar-refractivity contribution is -0.142. The van der Waals surface area contributed by atoms with Crippen LogP contribution in [0.2, 0.25) is 0 Å². The number of amides is 3. The molecule has 322 valence electrons. The molecule has 7 rings (SSSR count). The molecule has 0 spiro atoms. The molecule has 0 bridgehead atoms. The highest BCUT2D eigenvalue weighted by Crippen LogP contribution is 2.42. The van der Waals surface area contributed by atoms with Crippen molar-refractivity contribution in [2.75, 3.05) is 61.5 Å². The summed E-state index contributed by atoms with van der Waals surface area (Å²) < 4.78 is 80.1. The molecule has 1 aliphatic carbocycles. The van der Waals surface area contributed by atoms with Gasteiger partial charge in [0, 0.05) is 74.8 Å². The molecular weight excluding hydrogens is 792 g/mol. The van der Waals surface area contributed by atoms with Crippen LogP contribution in [0.1, 0.15) is 86.2 Å². The fourth-order valence-electron chi connectivity index (χ4n) is 8.68. The first-order valence-electron chi connectivity index (χ1n) is 20.2. The quantitative estimate of drug-likeness (QED) is 0.160. The lowest BCUT2D eigenvalue weighted by Gasteiger charge is -2.37. The molecular formula is C42H49F5N8O5. The fraction of sp³-hybridized carbons (Fsp3) is 0.524. The number of nitrogens with one attached hydrogen (secondary N) is 3. The van der Waals surface area contributed by atoms with Crippen LogP contribution in [0, 0.1) is 11.7 Å². The first kappa shape index (κ1) is 42.7. The van der Waals surface area contributed by atoms with Gasteiger partial charge in [-0.15, -0.1) is 0 Å². The normalized spacial score (nSPS) is 24.2.